The van der Waals surface area contributed by atoms with Gasteiger partial charge in [0.15, 0.2) is 0 Å². The molecule has 2 fully saturated rings. The third-order valence-electron chi connectivity index (χ3n) is 5.60. The SMILES string of the molecule is CCN(c1nc(Cl)nc(OC)n1)C(C)c1cccnc1N.FC1CC2CCCN2C1. The monoisotopic (exact) mass is 437 g/mol. The van der Waals surface area contributed by atoms with Gasteiger partial charge in [0.2, 0.25) is 11.2 Å². The van der Waals surface area contributed by atoms with E-state index in [2.05, 4.69) is 24.8 Å². The lowest BCUT2D eigenvalue weighted by Gasteiger charge is -2.28. The van der Waals surface area contributed by atoms with E-state index in [9.17, 15) is 4.39 Å². The second-order valence-electron chi connectivity index (χ2n) is 7.45. The highest BCUT2D eigenvalue weighted by Crippen LogP contribution is 2.29. The van der Waals surface area contributed by atoms with Crippen molar-refractivity contribution in [1.82, 2.24) is 24.8 Å². The summed E-state index contributed by atoms with van der Waals surface area (Å²) in [6, 6.07) is 4.49. The van der Waals surface area contributed by atoms with Crippen molar-refractivity contribution >= 4 is 23.4 Å². The molecule has 2 aliphatic rings. The number of ether oxygens (including phenoxy) is 1. The number of anilines is 2. The summed E-state index contributed by atoms with van der Waals surface area (Å²) in [7, 11) is 1.48. The molecule has 0 aromatic carbocycles. The Hall–Kier alpha value is -2.26. The van der Waals surface area contributed by atoms with E-state index < -0.39 is 6.17 Å². The van der Waals surface area contributed by atoms with Crippen molar-refractivity contribution in [3.05, 3.63) is 29.2 Å². The molecule has 3 atom stereocenters. The van der Waals surface area contributed by atoms with Gasteiger partial charge in [-0.15, -0.1) is 0 Å². The maximum Gasteiger partial charge on any atom is 0.322 e. The van der Waals surface area contributed by atoms with Crippen molar-refractivity contribution < 1.29 is 9.13 Å². The Balaban J connectivity index is 0.000000234. The van der Waals surface area contributed by atoms with Gasteiger partial charge in [-0.25, -0.2) is 9.37 Å². The number of aromatic nitrogens is 4. The lowest BCUT2D eigenvalue weighted by molar-refractivity contribution is 0.292. The lowest BCUT2D eigenvalue weighted by atomic mass is 10.1. The standard InChI is InChI=1S/C13H17ClN6O.C7H12FN/c1-4-20(8(2)9-6-5-7-16-10(9)15)12-17-11(14)18-13(19-12)21-3;8-6-4-7-2-1-3-9(7)5-6/h5-8H,4H2,1-3H3,(H2,15,16);6-7H,1-5H2. The molecule has 0 aliphatic carbocycles. The summed E-state index contributed by atoms with van der Waals surface area (Å²) in [4.78, 5) is 20.6. The second-order valence-corrected chi connectivity index (χ2v) is 7.79. The molecule has 0 radical (unpaired) electrons. The summed E-state index contributed by atoms with van der Waals surface area (Å²) in [6.07, 6.45) is 4.47. The first-order valence-corrected chi connectivity index (χ1v) is 10.6. The van der Waals surface area contributed by atoms with E-state index in [0.717, 1.165) is 18.5 Å². The number of fused-ring (bicyclic) bond motifs is 1. The highest BCUT2D eigenvalue weighted by Gasteiger charge is 2.34. The Labute approximate surface area is 181 Å². The molecule has 164 valence electrons. The Morgan fingerprint density at radius 1 is 1.40 bits per heavy atom. The van der Waals surface area contributed by atoms with Gasteiger partial charge >= 0.3 is 6.01 Å². The van der Waals surface area contributed by atoms with Gasteiger partial charge in [0.25, 0.3) is 0 Å². The zero-order valence-electron chi connectivity index (χ0n) is 17.6. The van der Waals surface area contributed by atoms with Crippen LogP contribution in [0.15, 0.2) is 18.3 Å². The number of alkyl halides is 1. The van der Waals surface area contributed by atoms with Gasteiger partial charge in [0, 0.05) is 30.9 Å². The maximum atomic E-state index is 12.6. The molecule has 0 amide bonds. The molecular weight excluding hydrogens is 409 g/mol. The average Bonchev–Trinajstić information content (AvgIpc) is 3.29. The zero-order chi connectivity index (χ0) is 21.7. The number of pyridine rings is 1. The van der Waals surface area contributed by atoms with E-state index in [1.165, 1.54) is 20.0 Å². The Morgan fingerprint density at radius 2 is 2.20 bits per heavy atom. The first-order valence-electron chi connectivity index (χ1n) is 10.2. The molecule has 4 heterocycles. The largest absolute Gasteiger partial charge is 0.467 e. The molecule has 10 heteroatoms. The third kappa shape index (κ3) is 5.26. The van der Waals surface area contributed by atoms with Crippen LogP contribution >= 0.6 is 11.6 Å². The number of hydrogen-bond donors (Lipinski definition) is 1. The average molecular weight is 438 g/mol. The van der Waals surface area contributed by atoms with Crippen molar-refractivity contribution in [2.45, 2.75) is 51.4 Å². The van der Waals surface area contributed by atoms with Crippen LogP contribution in [0.5, 0.6) is 6.01 Å². The van der Waals surface area contributed by atoms with Gasteiger partial charge in [-0.1, -0.05) is 6.07 Å². The molecule has 2 aromatic rings. The number of hydrogen-bond acceptors (Lipinski definition) is 8. The fraction of sp³-hybridized carbons (Fsp3) is 0.600. The summed E-state index contributed by atoms with van der Waals surface area (Å²) in [5.74, 6) is 0.917. The maximum absolute atomic E-state index is 12.6. The topological polar surface area (TPSA) is 93.3 Å². The van der Waals surface area contributed by atoms with Crippen LogP contribution in [0.2, 0.25) is 5.28 Å². The Kier molecular flexibility index (Phi) is 7.60. The van der Waals surface area contributed by atoms with Crippen molar-refractivity contribution in [2.24, 2.45) is 0 Å². The molecule has 4 rings (SSSR count). The van der Waals surface area contributed by atoms with E-state index in [1.807, 2.05) is 30.9 Å². The van der Waals surface area contributed by atoms with Crippen LogP contribution in [0, 0.1) is 0 Å². The fourth-order valence-corrected chi connectivity index (χ4v) is 4.26. The number of methoxy groups -OCH3 is 1. The summed E-state index contributed by atoms with van der Waals surface area (Å²) < 4.78 is 17.6. The Morgan fingerprint density at radius 3 is 2.87 bits per heavy atom. The van der Waals surface area contributed by atoms with Gasteiger partial charge in [-0.05, 0) is 57.3 Å². The summed E-state index contributed by atoms with van der Waals surface area (Å²) >= 11 is 5.91. The van der Waals surface area contributed by atoms with Gasteiger partial charge in [0.05, 0.1) is 13.2 Å². The zero-order valence-corrected chi connectivity index (χ0v) is 18.4. The molecule has 2 N–H and O–H groups in total. The predicted molar refractivity (Wildman–Crippen MR) is 116 cm³/mol. The minimum atomic E-state index is -0.518. The van der Waals surface area contributed by atoms with Crippen LogP contribution in [0.3, 0.4) is 0 Å². The van der Waals surface area contributed by atoms with Crippen LogP contribution < -0.4 is 15.4 Å². The number of nitrogens with two attached hydrogens (primary N) is 1. The molecule has 2 aromatic heterocycles. The number of rotatable bonds is 5. The highest BCUT2D eigenvalue weighted by atomic mass is 35.5. The lowest BCUT2D eigenvalue weighted by Crippen LogP contribution is -2.29. The fourth-order valence-electron chi connectivity index (χ4n) is 4.11. The van der Waals surface area contributed by atoms with Crippen LogP contribution in [0.25, 0.3) is 0 Å². The van der Waals surface area contributed by atoms with Crippen molar-refractivity contribution in [1.29, 1.82) is 0 Å². The number of halogens is 2. The second kappa shape index (κ2) is 10.2. The quantitative estimate of drug-likeness (QED) is 0.761. The molecule has 2 saturated heterocycles. The van der Waals surface area contributed by atoms with E-state index in [1.54, 1.807) is 6.20 Å². The van der Waals surface area contributed by atoms with E-state index >= 15 is 0 Å². The minimum Gasteiger partial charge on any atom is -0.467 e. The summed E-state index contributed by atoms with van der Waals surface area (Å²) in [6.45, 7) is 6.52. The van der Waals surface area contributed by atoms with Crippen LogP contribution in [-0.2, 0) is 0 Å². The third-order valence-corrected chi connectivity index (χ3v) is 5.77. The molecule has 0 bridgehead atoms. The van der Waals surface area contributed by atoms with Gasteiger partial charge < -0.3 is 15.4 Å². The molecular formula is C20H29ClFN7O. The smallest absolute Gasteiger partial charge is 0.322 e. The van der Waals surface area contributed by atoms with E-state index in [0.29, 0.717) is 30.9 Å². The van der Waals surface area contributed by atoms with Crippen LogP contribution in [-0.4, -0.2) is 63.8 Å². The molecule has 2 aliphatic heterocycles. The molecule has 30 heavy (non-hydrogen) atoms. The van der Waals surface area contributed by atoms with E-state index in [-0.39, 0.29) is 17.3 Å². The van der Waals surface area contributed by atoms with Gasteiger partial charge in [-0.2, -0.15) is 15.0 Å². The summed E-state index contributed by atoms with van der Waals surface area (Å²) in [5, 5.41) is 0.0849. The molecule has 0 saturated carbocycles. The van der Waals surface area contributed by atoms with Gasteiger partial charge in [0.1, 0.15) is 12.0 Å². The molecule has 8 nitrogen and oxygen atoms in total. The van der Waals surface area contributed by atoms with Crippen LogP contribution in [0.4, 0.5) is 16.2 Å². The normalized spacial score (nSPS) is 21.5. The summed E-state index contributed by atoms with van der Waals surface area (Å²) in [5.41, 5.74) is 6.83. The number of nitrogens with zero attached hydrogens (tertiary/aromatic N) is 6. The molecule has 0 spiro atoms. The van der Waals surface area contributed by atoms with E-state index in [4.69, 9.17) is 22.1 Å². The number of nitrogen functional groups attached to an aromatic ring is 1. The highest BCUT2D eigenvalue weighted by molar-refractivity contribution is 6.28. The Bertz CT molecular complexity index is 831. The predicted octanol–water partition coefficient (Wildman–Crippen LogP) is 3.29. The first-order chi connectivity index (χ1) is 14.4. The van der Waals surface area contributed by atoms with Crippen molar-refractivity contribution in [2.75, 3.05) is 37.4 Å². The first kappa shape index (κ1) is 22.4. The van der Waals surface area contributed by atoms with Crippen molar-refractivity contribution in [3.8, 4) is 6.01 Å². The van der Waals surface area contributed by atoms with Crippen molar-refractivity contribution in [3.63, 3.8) is 0 Å². The van der Waals surface area contributed by atoms with Crippen LogP contribution in [0.1, 0.15) is 44.7 Å². The minimum absolute atomic E-state index is 0.0631. The molecule has 3 unspecified atom stereocenters. The van der Waals surface area contributed by atoms with Gasteiger partial charge in [-0.3, -0.25) is 4.90 Å².